The van der Waals surface area contributed by atoms with Crippen LogP contribution >= 0.6 is 0 Å². The van der Waals surface area contributed by atoms with E-state index in [4.69, 9.17) is 23.7 Å². The largest absolute Gasteiger partial charge is 0.462 e. The standard InChI is InChI=1S/C21H34O8/c1-19(2,3)16(22)25-10-11-12(28-17(23)20(4,5)6)13(14-15(26-11)27-14)29-18(24)21(7,8)9/h11-15H,10H2,1-9H3/t11-,12-,13+,14-,15-/m1/s1. The zero-order chi connectivity index (χ0) is 22.4. The third-order valence-electron chi connectivity index (χ3n) is 4.51. The molecule has 0 bridgehead atoms. The Morgan fingerprint density at radius 1 is 0.690 bits per heavy atom. The van der Waals surface area contributed by atoms with Crippen LogP contribution < -0.4 is 0 Å². The molecular weight excluding hydrogens is 380 g/mol. The summed E-state index contributed by atoms with van der Waals surface area (Å²) in [6.07, 6.45) is -3.71. The van der Waals surface area contributed by atoms with Crippen molar-refractivity contribution in [2.75, 3.05) is 6.61 Å². The molecule has 0 aromatic rings. The Bertz CT molecular complexity index is 649. The second-order valence-corrected chi connectivity index (χ2v) is 10.7. The number of hydrogen-bond acceptors (Lipinski definition) is 8. The topological polar surface area (TPSA) is 101 Å². The SMILES string of the molecule is CC(C)(C)C(=O)OC[C@H]1O[C@@H]2O[C@@H]2[C@@H](OC(=O)C(C)(C)C)[C@@H]1OC(=O)C(C)(C)C. The normalized spacial score (nSPS) is 29.5. The minimum atomic E-state index is -0.954. The van der Waals surface area contributed by atoms with Gasteiger partial charge in [0.1, 0.15) is 12.7 Å². The highest BCUT2D eigenvalue weighted by Gasteiger charge is 2.61. The van der Waals surface area contributed by atoms with Gasteiger partial charge in [-0.05, 0) is 62.3 Å². The van der Waals surface area contributed by atoms with Gasteiger partial charge in [0.2, 0.25) is 0 Å². The van der Waals surface area contributed by atoms with Gasteiger partial charge in [-0.2, -0.15) is 0 Å². The predicted octanol–water partition coefficient (Wildman–Crippen LogP) is 2.62. The molecule has 2 rings (SSSR count). The Hall–Kier alpha value is -1.67. The molecule has 2 aliphatic rings. The Morgan fingerprint density at radius 3 is 1.59 bits per heavy atom. The van der Waals surface area contributed by atoms with E-state index in [0.717, 1.165) is 0 Å². The van der Waals surface area contributed by atoms with Crippen LogP contribution in [0.2, 0.25) is 0 Å². The van der Waals surface area contributed by atoms with E-state index in [-0.39, 0.29) is 6.61 Å². The maximum absolute atomic E-state index is 12.6. The van der Waals surface area contributed by atoms with Crippen LogP contribution in [0.5, 0.6) is 0 Å². The van der Waals surface area contributed by atoms with Gasteiger partial charge < -0.3 is 23.7 Å². The molecule has 2 aliphatic heterocycles. The molecule has 5 atom stereocenters. The molecule has 0 amide bonds. The summed E-state index contributed by atoms with van der Waals surface area (Å²) in [5.41, 5.74) is -2.20. The monoisotopic (exact) mass is 414 g/mol. The molecule has 0 aromatic carbocycles. The van der Waals surface area contributed by atoms with Crippen molar-refractivity contribution in [1.82, 2.24) is 0 Å². The zero-order valence-corrected chi connectivity index (χ0v) is 18.9. The molecule has 0 aromatic heterocycles. The lowest BCUT2D eigenvalue weighted by Crippen LogP contribution is -2.55. The number of fused-ring (bicyclic) bond motifs is 1. The quantitative estimate of drug-likeness (QED) is 0.393. The van der Waals surface area contributed by atoms with Gasteiger partial charge in [-0.25, -0.2) is 0 Å². The van der Waals surface area contributed by atoms with Crippen molar-refractivity contribution >= 4 is 17.9 Å². The van der Waals surface area contributed by atoms with Crippen molar-refractivity contribution in [3.8, 4) is 0 Å². The van der Waals surface area contributed by atoms with Gasteiger partial charge in [-0.3, -0.25) is 14.4 Å². The number of rotatable bonds is 4. The second kappa shape index (κ2) is 7.87. The van der Waals surface area contributed by atoms with Gasteiger partial charge in [-0.15, -0.1) is 0 Å². The summed E-state index contributed by atoms with van der Waals surface area (Å²) in [6.45, 7) is 15.4. The Kier molecular flexibility index (Phi) is 6.41. The lowest BCUT2D eigenvalue weighted by molar-refractivity contribution is -0.208. The number of hydrogen-bond donors (Lipinski definition) is 0. The minimum absolute atomic E-state index is 0.145. The average Bonchev–Trinajstić information content (AvgIpc) is 3.30. The van der Waals surface area contributed by atoms with Gasteiger partial charge in [0, 0.05) is 0 Å². The molecule has 0 spiro atoms. The summed E-state index contributed by atoms with van der Waals surface area (Å²) in [4.78, 5) is 37.2. The van der Waals surface area contributed by atoms with E-state index in [1.165, 1.54) is 0 Å². The summed E-state index contributed by atoms with van der Waals surface area (Å²) in [6, 6.07) is 0. The molecule has 0 N–H and O–H groups in total. The highest BCUT2D eigenvalue weighted by atomic mass is 16.8. The Labute approximate surface area is 172 Å². The summed E-state index contributed by atoms with van der Waals surface area (Å²) in [5.74, 6) is -1.33. The van der Waals surface area contributed by atoms with Crippen LogP contribution in [0.3, 0.4) is 0 Å². The third kappa shape index (κ3) is 5.92. The summed E-state index contributed by atoms with van der Waals surface area (Å²) < 4.78 is 28.0. The first-order valence-electron chi connectivity index (χ1n) is 9.92. The van der Waals surface area contributed by atoms with E-state index < -0.39 is 64.9 Å². The first-order chi connectivity index (χ1) is 13.0. The van der Waals surface area contributed by atoms with Crippen LogP contribution in [-0.4, -0.2) is 55.2 Å². The summed E-state index contributed by atoms with van der Waals surface area (Å²) >= 11 is 0. The molecule has 0 saturated carbocycles. The molecule has 2 fully saturated rings. The first kappa shape index (κ1) is 23.6. The fourth-order valence-electron chi connectivity index (χ4n) is 2.49. The van der Waals surface area contributed by atoms with Crippen LogP contribution in [0, 0.1) is 16.2 Å². The molecule has 0 aliphatic carbocycles. The van der Waals surface area contributed by atoms with Gasteiger partial charge >= 0.3 is 17.9 Å². The lowest BCUT2D eigenvalue weighted by atomic mass is 9.95. The van der Waals surface area contributed by atoms with Crippen molar-refractivity contribution in [2.24, 2.45) is 16.2 Å². The number of epoxide rings is 1. The zero-order valence-electron chi connectivity index (χ0n) is 18.9. The number of ether oxygens (including phenoxy) is 5. The predicted molar refractivity (Wildman–Crippen MR) is 103 cm³/mol. The van der Waals surface area contributed by atoms with Gasteiger partial charge in [0.15, 0.2) is 24.6 Å². The highest BCUT2D eigenvalue weighted by molar-refractivity contribution is 5.77. The van der Waals surface area contributed by atoms with Crippen LogP contribution in [0.1, 0.15) is 62.3 Å². The Morgan fingerprint density at radius 2 is 1.14 bits per heavy atom. The van der Waals surface area contributed by atoms with E-state index in [2.05, 4.69) is 0 Å². The molecular formula is C21H34O8. The van der Waals surface area contributed by atoms with E-state index >= 15 is 0 Å². The first-order valence-corrected chi connectivity index (χ1v) is 9.92. The van der Waals surface area contributed by atoms with Crippen molar-refractivity contribution < 1.29 is 38.1 Å². The lowest BCUT2D eigenvalue weighted by Gasteiger charge is -2.36. The highest BCUT2D eigenvalue weighted by Crippen LogP contribution is 2.40. The van der Waals surface area contributed by atoms with E-state index in [1.807, 2.05) is 0 Å². The van der Waals surface area contributed by atoms with Crippen LogP contribution in [0.4, 0.5) is 0 Å². The van der Waals surface area contributed by atoms with Crippen molar-refractivity contribution in [2.45, 2.75) is 93.0 Å². The summed E-state index contributed by atoms with van der Waals surface area (Å²) in [7, 11) is 0. The van der Waals surface area contributed by atoms with E-state index in [9.17, 15) is 14.4 Å². The van der Waals surface area contributed by atoms with Gasteiger partial charge in [0.25, 0.3) is 0 Å². The molecule has 8 heteroatoms. The molecule has 2 heterocycles. The molecule has 8 nitrogen and oxygen atoms in total. The van der Waals surface area contributed by atoms with Gasteiger partial charge in [-0.1, -0.05) is 0 Å². The Balaban J connectivity index is 2.22. The third-order valence-corrected chi connectivity index (χ3v) is 4.51. The smallest absolute Gasteiger partial charge is 0.311 e. The van der Waals surface area contributed by atoms with Crippen molar-refractivity contribution in [1.29, 1.82) is 0 Å². The molecule has 2 saturated heterocycles. The van der Waals surface area contributed by atoms with Crippen molar-refractivity contribution in [3.63, 3.8) is 0 Å². The molecule has 0 unspecified atom stereocenters. The molecule has 0 radical (unpaired) electrons. The van der Waals surface area contributed by atoms with Crippen LogP contribution in [0.15, 0.2) is 0 Å². The summed E-state index contributed by atoms with van der Waals surface area (Å²) in [5, 5.41) is 0. The van der Waals surface area contributed by atoms with Crippen LogP contribution in [0.25, 0.3) is 0 Å². The minimum Gasteiger partial charge on any atom is -0.462 e. The maximum Gasteiger partial charge on any atom is 0.311 e. The number of carbonyl (C=O) groups is 3. The fraction of sp³-hybridized carbons (Fsp3) is 0.857. The maximum atomic E-state index is 12.6. The average molecular weight is 414 g/mol. The molecule has 29 heavy (non-hydrogen) atoms. The van der Waals surface area contributed by atoms with Crippen molar-refractivity contribution in [3.05, 3.63) is 0 Å². The molecule has 166 valence electrons. The van der Waals surface area contributed by atoms with E-state index in [1.54, 1.807) is 62.3 Å². The van der Waals surface area contributed by atoms with Gasteiger partial charge in [0.05, 0.1) is 16.2 Å². The second-order valence-electron chi connectivity index (χ2n) is 10.7. The van der Waals surface area contributed by atoms with Crippen LogP contribution in [-0.2, 0) is 38.1 Å². The fourth-order valence-corrected chi connectivity index (χ4v) is 2.49. The number of esters is 3. The number of carbonyl (C=O) groups excluding carboxylic acids is 3. The van der Waals surface area contributed by atoms with E-state index in [0.29, 0.717) is 0 Å².